The zero-order valence-electron chi connectivity index (χ0n) is 10.9. The first-order valence-electron chi connectivity index (χ1n) is 6.09. The Labute approximate surface area is 120 Å². The molecule has 110 valence electrons. The predicted molar refractivity (Wildman–Crippen MR) is 73.7 cm³/mol. The van der Waals surface area contributed by atoms with E-state index in [1.807, 2.05) is 0 Å². The Kier molecular flexibility index (Phi) is 3.88. The molecule has 6 nitrogen and oxygen atoms in total. The molecule has 0 saturated heterocycles. The van der Waals surface area contributed by atoms with Crippen LogP contribution in [0.5, 0.6) is 0 Å². The van der Waals surface area contributed by atoms with E-state index in [1.54, 1.807) is 0 Å². The van der Waals surface area contributed by atoms with Crippen molar-refractivity contribution < 1.29 is 23.1 Å². The van der Waals surface area contributed by atoms with Gasteiger partial charge in [0.2, 0.25) is 0 Å². The highest BCUT2D eigenvalue weighted by Gasteiger charge is 2.42. The summed E-state index contributed by atoms with van der Waals surface area (Å²) >= 11 is 0.954. The number of sulfone groups is 1. The van der Waals surface area contributed by atoms with E-state index in [9.17, 15) is 23.1 Å². The van der Waals surface area contributed by atoms with Gasteiger partial charge in [-0.15, -0.1) is 11.3 Å². The van der Waals surface area contributed by atoms with Gasteiger partial charge in [0, 0.05) is 11.6 Å². The first-order chi connectivity index (χ1) is 9.24. The second-order valence-corrected chi connectivity index (χ2v) is 8.13. The van der Waals surface area contributed by atoms with E-state index in [-0.39, 0.29) is 9.77 Å². The smallest absolute Gasteiger partial charge is 0.329 e. The molecule has 1 aromatic rings. The molecule has 8 heteroatoms. The summed E-state index contributed by atoms with van der Waals surface area (Å²) < 4.78 is 22.8. The van der Waals surface area contributed by atoms with Crippen molar-refractivity contribution in [2.24, 2.45) is 0 Å². The molecule has 1 amide bonds. The Morgan fingerprint density at radius 1 is 1.35 bits per heavy atom. The minimum Gasteiger partial charge on any atom is -0.480 e. The molecule has 1 saturated carbocycles. The molecule has 1 fully saturated rings. The zero-order valence-corrected chi connectivity index (χ0v) is 12.5. The highest BCUT2D eigenvalue weighted by atomic mass is 32.2. The van der Waals surface area contributed by atoms with Gasteiger partial charge < -0.3 is 10.4 Å². The van der Waals surface area contributed by atoms with Gasteiger partial charge in [0.25, 0.3) is 5.91 Å². The molecule has 0 bridgehead atoms. The van der Waals surface area contributed by atoms with Gasteiger partial charge in [-0.1, -0.05) is 12.8 Å². The number of thiophene rings is 1. The second kappa shape index (κ2) is 5.17. The van der Waals surface area contributed by atoms with Crippen LogP contribution in [-0.4, -0.2) is 37.2 Å². The van der Waals surface area contributed by atoms with Crippen LogP contribution >= 0.6 is 11.3 Å². The van der Waals surface area contributed by atoms with Crippen molar-refractivity contribution in [3.05, 3.63) is 17.0 Å². The molecule has 1 aliphatic rings. The topological polar surface area (TPSA) is 101 Å². The molecule has 0 unspecified atom stereocenters. The summed E-state index contributed by atoms with van der Waals surface area (Å²) in [6.45, 7) is 0. The number of carboxylic acids is 1. The Hall–Kier alpha value is -1.41. The molecular formula is C12H15NO5S2. The van der Waals surface area contributed by atoms with Crippen LogP contribution in [0.15, 0.2) is 15.7 Å². The number of carbonyl (C=O) groups excluding carboxylic acids is 1. The number of carbonyl (C=O) groups is 2. The number of aliphatic carboxylic acids is 1. The summed E-state index contributed by atoms with van der Waals surface area (Å²) in [6, 6.07) is 1.28. The third kappa shape index (κ3) is 2.85. The van der Waals surface area contributed by atoms with Crippen molar-refractivity contribution in [2.45, 2.75) is 35.4 Å². The average Bonchev–Trinajstić information content (AvgIpc) is 2.96. The molecule has 0 aliphatic heterocycles. The van der Waals surface area contributed by atoms with Gasteiger partial charge in [-0.05, 0) is 18.9 Å². The highest BCUT2D eigenvalue weighted by molar-refractivity contribution is 7.92. The van der Waals surface area contributed by atoms with E-state index >= 15 is 0 Å². The second-order valence-electron chi connectivity index (χ2n) is 4.98. The lowest BCUT2D eigenvalue weighted by Gasteiger charge is -2.24. The lowest BCUT2D eigenvalue weighted by Crippen LogP contribution is -2.52. The predicted octanol–water partition coefficient (Wildman–Crippen LogP) is 1.28. The van der Waals surface area contributed by atoms with Crippen LogP contribution in [0.25, 0.3) is 0 Å². The van der Waals surface area contributed by atoms with Crippen molar-refractivity contribution in [1.29, 1.82) is 0 Å². The van der Waals surface area contributed by atoms with Crippen molar-refractivity contribution in [3.63, 3.8) is 0 Å². The maximum absolute atomic E-state index is 12.1. The van der Waals surface area contributed by atoms with E-state index in [0.29, 0.717) is 12.8 Å². The van der Waals surface area contributed by atoms with Crippen LogP contribution < -0.4 is 5.32 Å². The van der Waals surface area contributed by atoms with Crippen LogP contribution in [0.4, 0.5) is 0 Å². The third-order valence-electron chi connectivity index (χ3n) is 3.42. The van der Waals surface area contributed by atoms with Crippen molar-refractivity contribution >= 4 is 33.1 Å². The fraction of sp³-hybridized carbons (Fsp3) is 0.500. The van der Waals surface area contributed by atoms with Crippen LogP contribution in [-0.2, 0) is 14.6 Å². The molecule has 0 spiro atoms. The fourth-order valence-electron chi connectivity index (χ4n) is 2.29. The van der Waals surface area contributed by atoms with Gasteiger partial charge in [0.1, 0.15) is 9.75 Å². The monoisotopic (exact) mass is 317 g/mol. The molecule has 2 N–H and O–H groups in total. The molecular weight excluding hydrogens is 302 g/mol. The first-order valence-corrected chi connectivity index (χ1v) is 8.86. The third-order valence-corrected chi connectivity index (χ3v) is 6.19. The van der Waals surface area contributed by atoms with E-state index in [2.05, 4.69) is 5.32 Å². The van der Waals surface area contributed by atoms with Gasteiger partial charge in [0.05, 0.1) is 5.56 Å². The van der Waals surface area contributed by atoms with Gasteiger partial charge in [-0.3, -0.25) is 4.79 Å². The van der Waals surface area contributed by atoms with E-state index in [4.69, 9.17) is 0 Å². The lowest BCUT2D eigenvalue weighted by atomic mass is 9.97. The van der Waals surface area contributed by atoms with Crippen molar-refractivity contribution in [1.82, 2.24) is 5.32 Å². The number of hydrogen-bond donors (Lipinski definition) is 2. The Morgan fingerprint density at radius 2 is 1.95 bits per heavy atom. The highest BCUT2D eigenvalue weighted by Crippen LogP contribution is 2.30. The van der Waals surface area contributed by atoms with Crippen LogP contribution in [0.1, 0.15) is 36.0 Å². The maximum atomic E-state index is 12.1. The summed E-state index contributed by atoms with van der Waals surface area (Å²) in [5.74, 6) is -1.58. The first kappa shape index (κ1) is 15.0. The van der Waals surface area contributed by atoms with Gasteiger partial charge in [-0.2, -0.15) is 0 Å². The largest absolute Gasteiger partial charge is 0.480 e. The normalized spacial score (nSPS) is 17.9. The van der Waals surface area contributed by atoms with Gasteiger partial charge in [0.15, 0.2) is 9.84 Å². The molecule has 0 aromatic carbocycles. The Balaban J connectivity index is 2.20. The molecule has 0 atom stereocenters. The minimum atomic E-state index is -3.35. The SMILES string of the molecule is CS(=O)(=O)c1cc(C(=O)NC2(C(=O)O)CCCC2)cs1. The summed E-state index contributed by atoms with van der Waals surface area (Å²) in [5, 5.41) is 13.3. The summed E-state index contributed by atoms with van der Waals surface area (Å²) in [6.07, 6.45) is 3.38. The van der Waals surface area contributed by atoms with Crippen LogP contribution in [0.3, 0.4) is 0 Å². The molecule has 0 radical (unpaired) electrons. The molecule has 1 aromatic heterocycles. The molecule has 1 heterocycles. The van der Waals surface area contributed by atoms with Gasteiger partial charge in [-0.25, -0.2) is 13.2 Å². The number of nitrogens with one attached hydrogen (secondary N) is 1. The standard InChI is InChI=1S/C12H15NO5S2/c1-20(17,18)9-6-8(7-19-9)10(14)13-12(11(15)16)4-2-3-5-12/h6-7H,2-5H2,1H3,(H,13,14)(H,15,16). The molecule has 20 heavy (non-hydrogen) atoms. The Morgan fingerprint density at radius 3 is 2.40 bits per heavy atom. The number of carboxylic acid groups (broad SMARTS) is 1. The lowest BCUT2D eigenvalue weighted by molar-refractivity contribution is -0.144. The average molecular weight is 317 g/mol. The minimum absolute atomic E-state index is 0.0958. The van der Waals surface area contributed by atoms with Crippen LogP contribution in [0, 0.1) is 0 Å². The summed E-state index contributed by atoms with van der Waals surface area (Å²) in [4.78, 5) is 23.4. The summed E-state index contributed by atoms with van der Waals surface area (Å²) in [7, 11) is -3.35. The quantitative estimate of drug-likeness (QED) is 0.871. The number of rotatable bonds is 4. The van der Waals surface area contributed by atoms with Gasteiger partial charge >= 0.3 is 5.97 Å². The van der Waals surface area contributed by atoms with Crippen LogP contribution in [0.2, 0.25) is 0 Å². The maximum Gasteiger partial charge on any atom is 0.329 e. The number of amides is 1. The zero-order chi connectivity index (χ0) is 15.0. The Bertz CT molecular complexity index is 641. The van der Waals surface area contributed by atoms with Crippen molar-refractivity contribution in [3.8, 4) is 0 Å². The fourth-order valence-corrected chi connectivity index (χ4v) is 4.09. The van der Waals surface area contributed by atoms with E-state index < -0.39 is 27.3 Å². The number of hydrogen-bond acceptors (Lipinski definition) is 5. The molecule has 1 aliphatic carbocycles. The summed E-state index contributed by atoms with van der Waals surface area (Å²) in [5.41, 5.74) is -1.03. The van der Waals surface area contributed by atoms with E-state index in [1.165, 1.54) is 11.4 Å². The molecule has 2 rings (SSSR count). The van der Waals surface area contributed by atoms with E-state index in [0.717, 1.165) is 30.4 Å². The van der Waals surface area contributed by atoms with Crippen molar-refractivity contribution in [2.75, 3.05) is 6.26 Å².